The van der Waals surface area contributed by atoms with Crippen LogP contribution in [0.1, 0.15) is 17.6 Å². The maximum absolute atomic E-state index is 12.4. The molecule has 0 spiro atoms. The molecule has 0 radical (unpaired) electrons. The Morgan fingerprint density at radius 2 is 1.86 bits per heavy atom. The number of nitrogens with zero attached hydrogens (tertiary/aromatic N) is 1. The molecule has 0 amide bonds. The summed E-state index contributed by atoms with van der Waals surface area (Å²) in [6.07, 6.45) is -2.49. The van der Waals surface area contributed by atoms with Gasteiger partial charge in [-0.25, -0.2) is 8.78 Å². The number of anilines is 1. The number of halogens is 3. The number of benzene rings is 2. The second kappa shape index (κ2) is 6.62. The van der Waals surface area contributed by atoms with E-state index in [1.807, 2.05) is 0 Å². The Labute approximate surface area is 128 Å². The predicted molar refractivity (Wildman–Crippen MR) is 79.5 cm³/mol. The van der Waals surface area contributed by atoms with Crippen LogP contribution in [0.4, 0.5) is 20.2 Å². The third-order valence-electron chi connectivity index (χ3n) is 2.87. The van der Waals surface area contributed by atoms with Crippen LogP contribution in [0, 0.1) is 10.1 Å². The van der Waals surface area contributed by atoms with Gasteiger partial charge in [-0.2, -0.15) is 0 Å². The Morgan fingerprint density at radius 3 is 2.43 bits per heavy atom. The number of hydrogen-bond acceptors (Lipinski definition) is 3. The Hall–Kier alpha value is -2.02. The van der Waals surface area contributed by atoms with Gasteiger partial charge in [0.05, 0.1) is 9.40 Å². The van der Waals surface area contributed by atoms with Crippen LogP contribution < -0.4 is 5.32 Å². The molecule has 2 rings (SSSR count). The van der Waals surface area contributed by atoms with Crippen molar-refractivity contribution in [2.45, 2.75) is 13.0 Å². The molecular formula is C14H11BrF2N2O2. The van der Waals surface area contributed by atoms with Crippen LogP contribution in [-0.4, -0.2) is 4.92 Å². The van der Waals surface area contributed by atoms with Crippen LogP contribution in [0.15, 0.2) is 46.9 Å². The fourth-order valence-electron chi connectivity index (χ4n) is 1.75. The molecule has 0 unspecified atom stereocenters. The lowest BCUT2D eigenvalue weighted by molar-refractivity contribution is -0.385. The van der Waals surface area contributed by atoms with Gasteiger partial charge in [-0.3, -0.25) is 10.1 Å². The molecule has 0 atom stereocenters. The molecule has 110 valence electrons. The van der Waals surface area contributed by atoms with E-state index in [1.54, 1.807) is 24.3 Å². The Kier molecular flexibility index (Phi) is 4.85. The average molecular weight is 357 g/mol. The summed E-state index contributed by atoms with van der Waals surface area (Å²) in [5.41, 5.74) is 1.33. The third kappa shape index (κ3) is 3.98. The average Bonchev–Trinajstić information content (AvgIpc) is 2.46. The summed E-state index contributed by atoms with van der Waals surface area (Å²) in [4.78, 5) is 10.3. The lowest BCUT2D eigenvalue weighted by Crippen LogP contribution is -2.00. The summed E-state index contributed by atoms with van der Waals surface area (Å²) in [5.74, 6) is 0. The number of hydrogen-bond donors (Lipinski definition) is 1. The molecule has 0 fully saturated rings. The first-order chi connectivity index (χ1) is 9.97. The predicted octanol–water partition coefficient (Wildman–Crippen LogP) is 4.91. The normalized spacial score (nSPS) is 10.7. The Balaban J connectivity index is 2.06. The van der Waals surface area contributed by atoms with Crippen LogP contribution >= 0.6 is 15.9 Å². The number of rotatable bonds is 5. The lowest BCUT2D eigenvalue weighted by Gasteiger charge is -2.08. The number of nitro benzene ring substituents is 1. The minimum atomic E-state index is -2.49. The molecule has 7 heteroatoms. The first kappa shape index (κ1) is 15.4. The van der Waals surface area contributed by atoms with E-state index in [0.717, 1.165) is 5.56 Å². The molecule has 0 aliphatic rings. The SMILES string of the molecule is O=[N+]([O-])c1cc(NCc2ccc(C(F)F)cc2)ccc1Br. The van der Waals surface area contributed by atoms with E-state index in [-0.39, 0.29) is 11.3 Å². The topological polar surface area (TPSA) is 55.2 Å². The van der Waals surface area contributed by atoms with Gasteiger partial charge in [-0.15, -0.1) is 0 Å². The summed E-state index contributed by atoms with van der Waals surface area (Å²) in [7, 11) is 0. The zero-order valence-corrected chi connectivity index (χ0v) is 12.3. The van der Waals surface area contributed by atoms with E-state index in [4.69, 9.17) is 0 Å². The quantitative estimate of drug-likeness (QED) is 0.611. The van der Waals surface area contributed by atoms with Crippen molar-refractivity contribution in [1.29, 1.82) is 0 Å². The molecule has 2 aromatic carbocycles. The highest BCUT2D eigenvalue weighted by molar-refractivity contribution is 9.10. The van der Waals surface area contributed by atoms with E-state index in [9.17, 15) is 18.9 Å². The van der Waals surface area contributed by atoms with Crippen molar-refractivity contribution in [3.05, 3.63) is 68.2 Å². The largest absolute Gasteiger partial charge is 0.381 e. The first-order valence-electron chi connectivity index (χ1n) is 6.02. The van der Waals surface area contributed by atoms with Crippen LogP contribution in [0.25, 0.3) is 0 Å². The molecule has 21 heavy (non-hydrogen) atoms. The standard InChI is InChI=1S/C14H11BrF2N2O2/c15-12-6-5-11(7-13(12)19(20)21)18-8-9-1-3-10(4-2-9)14(16)17/h1-7,14,18H,8H2. The molecule has 0 aliphatic heterocycles. The first-order valence-corrected chi connectivity index (χ1v) is 6.81. The molecule has 2 aromatic rings. The van der Waals surface area contributed by atoms with E-state index < -0.39 is 11.3 Å². The Bertz CT molecular complexity index is 648. The zero-order chi connectivity index (χ0) is 15.4. The highest BCUT2D eigenvalue weighted by Crippen LogP contribution is 2.28. The molecular weight excluding hydrogens is 346 g/mol. The second-order valence-electron chi connectivity index (χ2n) is 4.32. The van der Waals surface area contributed by atoms with Crippen LogP contribution in [0.3, 0.4) is 0 Å². The minimum absolute atomic E-state index is 0.0296. The monoisotopic (exact) mass is 356 g/mol. The van der Waals surface area contributed by atoms with E-state index in [2.05, 4.69) is 21.2 Å². The molecule has 4 nitrogen and oxygen atoms in total. The van der Waals surface area contributed by atoms with Gasteiger partial charge in [0.15, 0.2) is 0 Å². The van der Waals surface area contributed by atoms with Gasteiger partial charge >= 0.3 is 0 Å². The number of nitrogens with one attached hydrogen (secondary N) is 1. The van der Waals surface area contributed by atoms with Gasteiger partial charge in [0.2, 0.25) is 0 Å². The summed E-state index contributed by atoms with van der Waals surface area (Å²) in [5, 5.41) is 13.8. The van der Waals surface area contributed by atoms with Crippen molar-refractivity contribution in [3.63, 3.8) is 0 Å². The summed E-state index contributed by atoms with van der Waals surface area (Å²) in [6, 6.07) is 10.6. The molecule has 0 saturated carbocycles. The second-order valence-corrected chi connectivity index (χ2v) is 5.17. The maximum Gasteiger partial charge on any atom is 0.285 e. The highest BCUT2D eigenvalue weighted by atomic mass is 79.9. The molecule has 0 saturated heterocycles. The van der Waals surface area contributed by atoms with E-state index in [0.29, 0.717) is 16.7 Å². The van der Waals surface area contributed by atoms with Crippen molar-refractivity contribution in [1.82, 2.24) is 0 Å². The molecule has 0 aliphatic carbocycles. The number of alkyl halides is 2. The van der Waals surface area contributed by atoms with Crippen molar-refractivity contribution >= 4 is 27.3 Å². The summed E-state index contributed by atoms with van der Waals surface area (Å²) >= 11 is 3.11. The molecule has 0 bridgehead atoms. The van der Waals surface area contributed by atoms with Gasteiger partial charge in [0, 0.05) is 23.9 Å². The lowest BCUT2D eigenvalue weighted by atomic mass is 10.1. The maximum atomic E-state index is 12.4. The zero-order valence-electron chi connectivity index (χ0n) is 10.7. The van der Waals surface area contributed by atoms with Gasteiger partial charge < -0.3 is 5.32 Å². The fourth-order valence-corrected chi connectivity index (χ4v) is 2.14. The third-order valence-corrected chi connectivity index (χ3v) is 3.54. The van der Waals surface area contributed by atoms with Crippen LogP contribution in [0.5, 0.6) is 0 Å². The number of nitro groups is 1. The van der Waals surface area contributed by atoms with Gasteiger partial charge in [-0.1, -0.05) is 24.3 Å². The molecule has 1 N–H and O–H groups in total. The molecule has 0 aromatic heterocycles. The smallest absolute Gasteiger partial charge is 0.285 e. The fraction of sp³-hybridized carbons (Fsp3) is 0.143. The van der Waals surface area contributed by atoms with Gasteiger partial charge in [0.1, 0.15) is 0 Å². The highest BCUT2D eigenvalue weighted by Gasteiger charge is 2.12. The van der Waals surface area contributed by atoms with Gasteiger partial charge in [0.25, 0.3) is 12.1 Å². The van der Waals surface area contributed by atoms with Crippen LogP contribution in [-0.2, 0) is 6.54 Å². The molecule has 0 heterocycles. The Morgan fingerprint density at radius 1 is 1.19 bits per heavy atom. The van der Waals surface area contributed by atoms with Crippen LogP contribution in [0.2, 0.25) is 0 Å². The van der Waals surface area contributed by atoms with Crippen molar-refractivity contribution in [2.75, 3.05) is 5.32 Å². The minimum Gasteiger partial charge on any atom is -0.381 e. The van der Waals surface area contributed by atoms with Crippen molar-refractivity contribution in [2.24, 2.45) is 0 Å². The van der Waals surface area contributed by atoms with Crippen molar-refractivity contribution < 1.29 is 13.7 Å². The van der Waals surface area contributed by atoms with Crippen molar-refractivity contribution in [3.8, 4) is 0 Å². The summed E-state index contributed by atoms with van der Waals surface area (Å²) in [6.45, 7) is 0.391. The van der Waals surface area contributed by atoms with E-state index in [1.165, 1.54) is 18.2 Å². The van der Waals surface area contributed by atoms with E-state index >= 15 is 0 Å². The summed E-state index contributed by atoms with van der Waals surface area (Å²) < 4.78 is 25.2. The van der Waals surface area contributed by atoms with Gasteiger partial charge in [-0.05, 0) is 33.6 Å².